The minimum Gasteiger partial charge on any atom is -0.307 e. The first-order chi connectivity index (χ1) is 10.7. The predicted molar refractivity (Wildman–Crippen MR) is 85.0 cm³/mol. The van der Waals surface area contributed by atoms with Crippen LogP contribution in [0.4, 0.5) is 26.7 Å². The van der Waals surface area contributed by atoms with Crippen LogP contribution in [0.25, 0.3) is 0 Å². The molecular weight excluding hydrogens is 284 g/mol. The number of hydrazine groups is 2. The zero-order chi connectivity index (χ0) is 15.8. The summed E-state index contributed by atoms with van der Waals surface area (Å²) in [4.78, 5) is 22.7. The van der Waals surface area contributed by atoms with Crippen LogP contribution < -0.4 is 32.8 Å². The van der Waals surface area contributed by atoms with Gasteiger partial charge in [0.15, 0.2) is 0 Å². The summed E-state index contributed by atoms with van der Waals surface area (Å²) in [6.07, 6.45) is 0. The van der Waals surface area contributed by atoms with Crippen molar-refractivity contribution in [1.29, 1.82) is 0 Å². The molecule has 0 aliphatic carbocycles. The molecule has 8 heteroatoms. The largest absolute Gasteiger partial charge is 0.337 e. The highest BCUT2D eigenvalue weighted by molar-refractivity contribution is 5.90. The number of benzene rings is 2. The maximum Gasteiger partial charge on any atom is 0.337 e. The Morgan fingerprint density at radius 2 is 1.27 bits per heavy atom. The van der Waals surface area contributed by atoms with E-state index in [9.17, 15) is 9.59 Å². The van der Waals surface area contributed by atoms with Crippen LogP contribution in [0.15, 0.2) is 54.6 Å². The number of rotatable bonds is 4. The number of anilines is 3. The van der Waals surface area contributed by atoms with Crippen molar-refractivity contribution in [3.63, 3.8) is 0 Å². The molecule has 4 amide bonds. The molecular formula is C14H16N6O2. The van der Waals surface area contributed by atoms with E-state index < -0.39 is 12.1 Å². The highest BCUT2D eigenvalue weighted by Gasteiger charge is 2.01. The molecule has 0 radical (unpaired) electrons. The van der Waals surface area contributed by atoms with E-state index in [1.165, 1.54) is 0 Å². The average molecular weight is 300 g/mol. The van der Waals surface area contributed by atoms with Crippen LogP contribution in [0.2, 0.25) is 0 Å². The molecule has 0 bridgehead atoms. The Bertz CT molecular complexity index is 630. The van der Waals surface area contributed by atoms with Gasteiger partial charge in [-0.15, -0.1) is 0 Å². The van der Waals surface area contributed by atoms with E-state index in [2.05, 4.69) is 21.5 Å². The maximum atomic E-state index is 11.7. The lowest BCUT2D eigenvalue weighted by atomic mass is 10.3. The number of nitrogens with one attached hydrogen (secondary N) is 5. The van der Waals surface area contributed by atoms with E-state index >= 15 is 0 Å². The number of carbonyl (C=O) groups excluding carboxylic acids is 2. The zero-order valence-corrected chi connectivity index (χ0v) is 11.6. The second-order valence-electron chi connectivity index (χ2n) is 4.25. The van der Waals surface area contributed by atoms with Gasteiger partial charge in [-0.05, 0) is 36.4 Å². The molecule has 0 aliphatic rings. The SMILES string of the molecule is NNC(=O)Nc1ccc(NNC(=O)Nc2ccccc2)cc1. The molecule has 0 fully saturated rings. The Kier molecular flexibility index (Phi) is 5.16. The van der Waals surface area contributed by atoms with Gasteiger partial charge in [-0.25, -0.2) is 15.4 Å². The number of urea groups is 2. The van der Waals surface area contributed by atoms with E-state index in [-0.39, 0.29) is 0 Å². The topological polar surface area (TPSA) is 120 Å². The lowest BCUT2D eigenvalue weighted by Crippen LogP contribution is -2.34. The minimum atomic E-state index is -0.513. The fourth-order valence-electron chi connectivity index (χ4n) is 1.62. The lowest BCUT2D eigenvalue weighted by molar-refractivity contribution is 0.252. The molecule has 0 aliphatic heterocycles. The average Bonchev–Trinajstić information content (AvgIpc) is 2.55. The van der Waals surface area contributed by atoms with Gasteiger partial charge in [0.25, 0.3) is 0 Å². The number of para-hydroxylation sites is 1. The fraction of sp³-hybridized carbons (Fsp3) is 0. The smallest absolute Gasteiger partial charge is 0.307 e. The van der Waals surface area contributed by atoms with Crippen molar-refractivity contribution in [3.05, 3.63) is 54.6 Å². The molecule has 2 aromatic rings. The predicted octanol–water partition coefficient (Wildman–Crippen LogP) is 1.83. The normalized spacial score (nSPS) is 9.50. The molecule has 0 atom stereocenters. The third kappa shape index (κ3) is 4.69. The van der Waals surface area contributed by atoms with E-state index in [1.807, 2.05) is 23.6 Å². The van der Waals surface area contributed by atoms with Crippen molar-refractivity contribution in [3.8, 4) is 0 Å². The van der Waals surface area contributed by atoms with Crippen LogP contribution >= 0.6 is 0 Å². The second-order valence-corrected chi connectivity index (χ2v) is 4.25. The van der Waals surface area contributed by atoms with Gasteiger partial charge in [-0.1, -0.05) is 18.2 Å². The molecule has 22 heavy (non-hydrogen) atoms. The molecule has 0 saturated heterocycles. The molecule has 0 saturated carbocycles. The van der Waals surface area contributed by atoms with E-state index in [4.69, 9.17) is 5.84 Å². The van der Waals surface area contributed by atoms with Gasteiger partial charge in [-0.2, -0.15) is 0 Å². The first-order valence-electron chi connectivity index (χ1n) is 6.43. The summed E-state index contributed by atoms with van der Waals surface area (Å²) >= 11 is 0. The second kappa shape index (κ2) is 7.50. The summed E-state index contributed by atoms with van der Waals surface area (Å²) in [7, 11) is 0. The van der Waals surface area contributed by atoms with Gasteiger partial charge in [0.1, 0.15) is 0 Å². The van der Waals surface area contributed by atoms with E-state index in [0.29, 0.717) is 17.1 Å². The third-order valence-corrected chi connectivity index (χ3v) is 2.63. The first kappa shape index (κ1) is 15.1. The number of hydrogen-bond acceptors (Lipinski definition) is 4. The van der Waals surface area contributed by atoms with Crippen molar-refractivity contribution in [1.82, 2.24) is 10.9 Å². The minimum absolute atomic E-state index is 0.393. The standard InChI is InChI=1S/C14H16N6O2/c15-18-13(21)16-11-6-8-12(9-7-11)19-20-14(22)17-10-4-2-1-3-5-10/h1-9,19H,15H2,(H2,16,18,21)(H2,17,20,22). The molecule has 2 aromatic carbocycles. The first-order valence-corrected chi connectivity index (χ1v) is 6.43. The lowest BCUT2D eigenvalue weighted by Gasteiger charge is -2.10. The number of amides is 4. The Balaban J connectivity index is 1.81. The van der Waals surface area contributed by atoms with Crippen LogP contribution in [0.5, 0.6) is 0 Å². The third-order valence-electron chi connectivity index (χ3n) is 2.63. The van der Waals surface area contributed by atoms with Crippen LogP contribution in [0, 0.1) is 0 Å². The summed E-state index contributed by atoms with van der Waals surface area (Å²) in [5.41, 5.74) is 9.12. The summed E-state index contributed by atoms with van der Waals surface area (Å²) in [5, 5.41) is 5.18. The van der Waals surface area contributed by atoms with Crippen LogP contribution in [0.3, 0.4) is 0 Å². The van der Waals surface area contributed by atoms with Crippen molar-refractivity contribution >= 4 is 29.1 Å². The summed E-state index contributed by atoms with van der Waals surface area (Å²) in [6.45, 7) is 0. The van der Waals surface area contributed by atoms with Gasteiger partial charge in [0.05, 0.1) is 5.69 Å². The Morgan fingerprint density at radius 1 is 0.727 bits per heavy atom. The molecule has 0 spiro atoms. The van der Waals surface area contributed by atoms with Crippen molar-refractivity contribution in [2.75, 3.05) is 16.1 Å². The molecule has 0 aromatic heterocycles. The van der Waals surface area contributed by atoms with Crippen molar-refractivity contribution in [2.45, 2.75) is 0 Å². The highest BCUT2D eigenvalue weighted by atomic mass is 16.2. The van der Waals surface area contributed by atoms with Crippen LogP contribution in [-0.2, 0) is 0 Å². The van der Waals surface area contributed by atoms with Gasteiger partial charge in [-0.3, -0.25) is 16.3 Å². The van der Waals surface area contributed by atoms with Gasteiger partial charge in [0, 0.05) is 11.4 Å². The van der Waals surface area contributed by atoms with Gasteiger partial charge in [0.2, 0.25) is 0 Å². The van der Waals surface area contributed by atoms with E-state index in [0.717, 1.165) is 0 Å². The van der Waals surface area contributed by atoms with Crippen LogP contribution in [-0.4, -0.2) is 12.1 Å². The van der Waals surface area contributed by atoms with Crippen LogP contribution in [0.1, 0.15) is 0 Å². The molecule has 0 unspecified atom stereocenters. The molecule has 7 N–H and O–H groups in total. The Hall–Kier alpha value is -3.26. The number of nitrogens with two attached hydrogens (primary N) is 1. The monoisotopic (exact) mass is 300 g/mol. The molecule has 2 rings (SSSR count). The molecule has 8 nitrogen and oxygen atoms in total. The van der Waals surface area contributed by atoms with Crippen molar-refractivity contribution < 1.29 is 9.59 Å². The van der Waals surface area contributed by atoms with Gasteiger partial charge >= 0.3 is 12.1 Å². The fourth-order valence-corrected chi connectivity index (χ4v) is 1.62. The van der Waals surface area contributed by atoms with Gasteiger partial charge < -0.3 is 10.6 Å². The number of carbonyl (C=O) groups is 2. The Morgan fingerprint density at radius 3 is 1.91 bits per heavy atom. The Labute approximate surface area is 127 Å². The maximum absolute atomic E-state index is 11.7. The number of hydrogen-bond donors (Lipinski definition) is 6. The van der Waals surface area contributed by atoms with E-state index in [1.54, 1.807) is 36.4 Å². The summed E-state index contributed by atoms with van der Waals surface area (Å²) in [5.74, 6) is 4.97. The molecule has 0 heterocycles. The molecule has 114 valence electrons. The highest BCUT2D eigenvalue weighted by Crippen LogP contribution is 2.12. The quantitative estimate of drug-likeness (QED) is 0.293. The zero-order valence-electron chi connectivity index (χ0n) is 11.6. The summed E-state index contributed by atoms with van der Waals surface area (Å²) in [6, 6.07) is 14.9. The van der Waals surface area contributed by atoms with Crippen molar-refractivity contribution in [2.24, 2.45) is 5.84 Å². The summed E-state index contributed by atoms with van der Waals surface area (Å²) < 4.78 is 0.